The standard InChI is InChI=1S/C20H23F4N5O2/c1-19(2,3)31-18(30)29-10-8-28(9-11-29)17-26-15(20(22,23)24)12-16(27-17)25-14-6-4-13(21)5-7-14/h4-7,12H,8-11H2,1-3H3,(H,25,26,27). The van der Waals surface area contributed by atoms with Crippen LogP contribution in [0.2, 0.25) is 0 Å². The van der Waals surface area contributed by atoms with Gasteiger partial charge in [-0.05, 0) is 45.0 Å². The van der Waals surface area contributed by atoms with Crippen molar-refractivity contribution in [1.29, 1.82) is 0 Å². The summed E-state index contributed by atoms with van der Waals surface area (Å²) in [4.78, 5) is 23.1. The molecule has 11 heteroatoms. The van der Waals surface area contributed by atoms with Crippen molar-refractivity contribution in [1.82, 2.24) is 14.9 Å². The molecule has 1 aromatic heterocycles. The number of benzene rings is 1. The van der Waals surface area contributed by atoms with Crippen LogP contribution < -0.4 is 10.2 Å². The third-order valence-corrected chi connectivity index (χ3v) is 4.34. The number of rotatable bonds is 3. The number of alkyl halides is 3. The van der Waals surface area contributed by atoms with Crippen molar-refractivity contribution in [3.63, 3.8) is 0 Å². The molecule has 1 N–H and O–H groups in total. The van der Waals surface area contributed by atoms with Crippen LogP contribution in [0.1, 0.15) is 26.5 Å². The predicted octanol–water partition coefficient (Wildman–Crippen LogP) is 4.44. The zero-order valence-corrected chi connectivity index (χ0v) is 17.3. The van der Waals surface area contributed by atoms with Crippen molar-refractivity contribution in [2.75, 3.05) is 36.4 Å². The minimum absolute atomic E-state index is 0.0708. The SMILES string of the molecule is CC(C)(C)OC(=O)N1CCN(c2nc(Nc3ccc(F)cc3)cc(C(F)(F)F)n2)CC1. The summed E-state index contributed by atoms with van der Waals surface area (Å²) in [5, 5.41) is 2.75. The Hall–Kier alpha value is -3.11. The van der Waals surface area contributed by atoms with Crippen LogP contribution in [0.25, 0.3) is 0 Å². The molecule has 1 aliphatic rings. The molecule has 3 rings (SSSR count). The molecule has 1 aliphatic heterocycles. The second-order valence-electron chi connectivity index (χ2n) is 8.02. The number of amides is 1. The smallest absolute Gasteiger partial charge is 0.433 e. The van der Waals surface area contributed by atoms with Crippen LogP contribution in [0.3, 0.4) is 0 Å². The quantitative estimate of drug-likeness (QED) is 0.711. The van der Waals surface area contributed by atoms with Gasteiger partial charge in [-0.15, -0.1) is 0 Å². The van der Waals surface area contributed by atoms with Crippen LogP contribution in [0, 0.1) is 5.82 Å². The number of aromatic nitrogens is 2. The largest absolute Gasteiger partial charge is 0.444 e. The topological polar surface area (TPSA) is 70.6 Å². The molecule has 2 aromatic rings. The minimum Gasteiger partial charge on any atom is -0.444 e. The van der Waals surface area contributed by atoms with Crippen LogP contribution in [0.15, 0.2) is 30.3 Å². The number of nitrogens with zero attached hydrogens (tertiary/aromatic N) is 4. The van der Waals surface area contributed by atoms with Gasteiger partial charge in [0.15, 0.2) is 5.69 Å². The van der Waals surface area contributed by atoms with Crippen LogP contribution in [-0.2, 0) is 10.9 Å². The highest BCUT2D eigenvalue weighted by Gasteiger charge is 2.35. The normalized spacial score (nSPS) is 15.1. The fourth-order valence-corrected chi connectivity index (χ4v) is 2.88. The van der Waals surface area contributed by atoms with Crippen molar-refractivity contribution in [2.24, 2.45) is 0 Å². The molecule has 168 valence electrons. The fraction of sp³-hybridized carbons (Fsp3) is 0.450. The van der Waals surface area contributed by atoms with E-state index in [2.05, 4.69) is 15.3 Å². The minimum atomic E-state index is -4.67. The van der Waals surface area contributed by atoms with Gasteiger partial charge in [0.05, 0.1) is 0 Å². The van der Waals surface area contributed by atoms with E-state index in [0.717, 1.165) is 6.07 Å². The van der Waals surface area contributed by atoms with Crippen molar-refractivity contribution in [3.05, 3.63) is 41.8 Å². The lowest BCUT2D eigenvalue weighted by molar-refractivity contribution is -0.141. The highest BCUT2D eigenvalue weighted by molar-refractivity contribution is 5.68. The van der Waals surface area contributed by atoms with E-state index in [-0.39, 0.29) is 37.9 Å². The number of anilines is 3. The molecule has 0 atom stereocenters. The van der Waals surface area contributed by atoms with Crippen LogP contribution in [0.5, 0.6) is 0 Å². The maximum Gasteiger partial charge on any atom is 0.433 e. The zero-order chi connectivity index (χ0) is 22.8. The number of halogens is 4. The average Bonchev–Trinajstić information content (AvgIpc) is 2.68. The lowest BCUT2D eigenvalue weighted by Crippen LogP contribution is -2.50. The van der Waals surface area contributed by atoms with E-state index >= 15 is 0 Å². The number of carbonyl (C=O) groups excluding carboxylic acids is 1. The van der Waals surface area contributed by atoms with Gasteiger partial charge in [0, 0.05) is 37.9 Å². The van der Waals surface area contributed by atoms with E-state index < -0.39 is 29.4 Å². The van der Waals surface area contributed by atoms with Crippen LogP contribution in [0.4, 0.5) is 39.8 Å². The molecule has 1 amide bonds. The number of piperazine rings is 1. The average molecular weight is 441 g/mol. The third kappa shape index (κ3) is 6.19. The first-order valence-corrected chi connectivity index (χ1v) is 9.62. The Bertz CT molecular complexity index is 921. The Morgan fingerprint density at radius 3 is 2.19 bits per heavy atom. The molecule has 0 radical (unpaired) electrons. The van der Waals surface area contributed by atoms with Gasteiger partial charge < -0.3 is 19.9 Å². The predicted molar refractivity (Wildman–Crippen MR) is 107 cm³/mol. The van der Waals surface area contributed by atoms with Gasteiger partial charge in [-0.3, -0.25) is 0 Å². The Morgan fingerprint density at radius 1 is 1.03 bits per heavy atom. The summed E-state index contributed by atoms with van der Waals surface area (Å²) in [5.74, 6) is -0.644. The molecule has 0 saturated carbocycles. The third-order valence-electron chi connectivity index (χ3n) is 4.34. The molecule has 31 heavy (non-hydrogen) atoms. The number of carbonyl (C=O) groups is 1. The summed E-state index contributed by atoms with van der Waals surface area (Å²) in [6.07, 6.45) is -5.15. The van der Waals surface area contributed by atoms with Crippen molar-refractivity contribution in [3.8, 4) is 0 Å². The highest BCUT2D eigenvalue weighted by atomic mass is 19.4. The van der Waals surface area contributed by atoms with E-state index in [1.54, 1.807) is 25.7 Å². The first-order valence-electron chi connectivity index (χ1n) is 9.62. The van der Waals surface area contributed by atoms with Crippen molar-refractivity contribution in [2.45, 2.75) is 32.5 Å². The summed E-state index contributed by atoms with van der Waals surface area (Å²) in [6, 6.07) is 5.95. The zero-order valence-electron chi connectivity index (χ0n) is 17.3. The summed E-state index contributed by atoms with van der Waals surface area (Å²) < 4.78 is 58.5. The van der Waals surface area contributed by atoms with Gasteiger partial charge in [-0.1, -0.05) is 0 Å². The van der Waals surface area contributed by atoms with Gasteiger partial charge in [-0.25, -0.2) is 14.2 Å². The fourth-order valence-electron chi connectivity index (χ4n) is 2.88. The van der Waals surface area contributed by atoms with Gasteiger partial charge in [-0.2, -0.15) is 18.2 Å². The molecule has 1 saturated heterocycles. The van der Waals surface area contributed by atoms with Crippen molar-refractivity contribution >= 4 is 23.5 Å². The van der Waals surface area contributed by atoms with Gasteiger partial charge in [0.1, 0.15) is 17.2 Å². The number of hydrogen-bond acceptors (Lipinski definition) is 6. The summed E-state index contributed by atoms with van der Waals surface area (Å²) >= 11 is 0. The molecular formula is C20H23F4N5O2. The highest BCUT2D eigenvalue weighted by Crippen LogP contribution is 2.31. The Labute approximate surface area is 177 Å². The Morgan fingerprint density at radius 2 is 1.65 bits per heavy atom. The number of hydrogen-bond donors (Lipinski definition) is 1. The Balaban J connectivity index is 1.77. The van der Waals surface area contributed by atoms with E-state index in [0.29, 0.717) is 5.69 Å². The second kappa shape index (κ2) is 8.56. The lowest BCUT2D eigenvalue weighted by atomic mass is 10.2. The first kappa shape index (κ1) is 22.6. The van der Waals surface area contributed by atoms with Crippen LogP contribution in [-0.4, -0.2) is 52.7 Å². The van der Waals surface area contributed by atoms with Gasteiger partial charge in [0.25, 0.3) is 0 Å². The van der Waals surface area contributed by atoms with E-state index in [4.69, 9.17) is 4.74 Å². The van der Waals surface area contributed by atoms with Gasteiger partial charge >= 0.3 is 12.3 Å². The van der Waals surface area contributed by atoms with Crippen molar-refractivity contribution < 1.29 is 27.1 Å². The summed E-state index contributed by atoms with van der Waals surface area (Å²) in [6.45, 7) is 6.28. The van der Waals surface area contributed by atoms with E-state index in [1.807, 2.05) is 0 Å². The molecule has 1 aromatic carbocycles. The van der Waals surface area contributed by atoms with E-state index in [9.17, 15) is 22.4 Å². The van der Waals surface area contributed by atoms with Gasteiger partial charge in [0.2, 0.25) is 5.95 Å². The molecule has 0 spiro atoms. The maximum absolute atomic E-state index is 13.4. The second-order valence-corrected chi connectivity index (χ2v) is 8.02. The monoisotopic (exact) mass is 441 g/mol. The Kier molecular flexibility index (Phi) is 6.23. The lowest BCUT2D eigenvalue weighted by Gasteiger charge is -2.35. The molecule has 0 aliphatic carbocycles. The summed E-state index contributed by atoms with van der Waals surface area (Å²) in [5.41, 5.74) is -1.36. The van der Waals surface area contributed by atoms with Crippen LogP contribution >= 0.6 is 0 Å². The molecule has 7 nitrogen and oxygen atoms in total. The van der Waals surface area contributed by atoms with E-state index in [1.165, 1.54) is 29.2 Å². The molecule has 0 bridgehead atoms. The molecule has 1 fully saturated rings. The number of nitrogens with one attached hydrogen (secondary N) is 1. The maximum atomic E-state index is 13.4. The summed E-state index contributed by atoms with van der Waals surface area (Å²) in [7, 11) is 0. The molecule has 2 heterocycles. The number of ether oxygens (including phenoxy) is 1. The molecular weight excluding hydrogens is 418 g/mol. The first-order chi connectivity index (χ1) is 14.4. The molecule has 0 unspecified atom stereocenters.